The number of H-pyrrole nitrogens is 1. The molecule has 1 aliphatic heterocycles. The molecule has 0 radical (unpaired) electrons. The van der Waals surface area contributed by atoms with Crippen LogP contribution in [0.15, 0.2) is 61.2 Å². The number of aromatic amines is 1. The van der Waals surface area contributed by atoms with E-state index in [1.54, 1.807) is 46.5 Å². The number of rotatable bonds is 17. The Bertz CT molecular complexity index is 3590. The number of halogens is 2. The van der Waals surface area contributed by atoms with Crippen molar-refractivity contribution in [1.29, 1.82) is 0 Å². The highest BCUT2D eigenvalue weighted by molar-refractivity contribution is 6.76. The minimum atomic E-state index is -1.26. The van der Waals surface area contributed by atoms with E-state index in [9.17, 15) is 23.2 Å². The lowest BCUT2D eigenvalue weighted by Gasteiger charge is -2.39. The quantitative estimate of drug-likeness (QED) is 0.0574. The fraction of sp³-hybridized carbons (Fsp3) is 0.500. The van der Waals surface area contributed by atoms with Crippen LogP contribution in [0.25, 0.3) is 66.9 Å². The van der Waals surface area contributed by atoms with Crippen LogP contribution >= 0.6 is 0 Å². The van der Waals surface area contributed by atoms with Gasteiger partial charge < -0.3 is 38.9 Å². The van der Waals surface area contributed by atoms with Gasteiger partial charge in [0.2, 0.25) is 0 Å². The molecule has 434 valence electrons. The van der Waals surface area contributed by atoms with Crippen LogP contribution in [-0.2, 0) is 34.2 Å². The molecule has 9 rings (SSSR count). The van der Waals surface area contributed by atoms with E-state index in [0.29, 0.717) is 100 Å². The smallest absolute Gasteiger partial charge is 0.410 e. The Morgan fingerprint density at radius 3 is 1.68 bits per heavy atom. The monoisotopic (exact) mass is 1150 g/mol. The van der Waals surface area contributed by atoms with Gasteiger partial charge in [-0.2, -0.15) is 10.2 Å². The lowest BCUT2D eigenvalue weighted by Crippen LogP contribution is -2.51. The summed E-state index contributed by atoms with van der Waals surface area (Å²) >= 11 is 0. The van der Waals surface area contributed by atoms with E-state index < -0.39 is 32.8 Å². The van der Waals surface area contributed by atoms with E-state index in [1.807, 2.05) is 71.4 Å². The number of aromatic nitrogens is 10. The third-order valence-corrected chi connectivity index (χ3v) is 16.5. The van der Waals surface area contributed by atoms with Gasteiger partial charge in [0.15, 0.2) is 11.3 Å². The van der Waals surface area contributed by atoms with Crippen LogP contribution < -0.4 is 10.6 Å². The van der Waals surface area contributed by atoms with Gasteiger partial charge in [-0.05, 0) is 123 Å². The summed E-state index contributed by atoms with van der Waals surface area (Å²) in [6, 6.07) is 11.1. The van der Waals surface area contributed by atoms with Gasteiger partial charge in [-0.3, -0.25) is 19.4 Å². The summed E-state index contributed by atoms with van der Waals surface area (Å²) in [4.78, 5) is 59.7. The number of carbonyl (C=O) groups excluding carboxylic acids is 3. The first-order valence-electron chi connectivity index (χ1n) is 27.6. The predicted octanol–water partition coefficient (Wildman–Crippen LogP) is 11.6. The number of hydrogen-bond acceptors (Lipinski definition) is 12. The van der Waals surface area contributed by atoms with Gasteiger partial charge in [-0.25, -0.2) is 33.5 Å². The second-order valence-corrected chi connectivity index (χ2v) is 37.8. The van der Waals surface area contributed by atoms with Gasteiger partial charge in [0.1, 0.15) is 64.5 Å². The minimum Gasteiger partial charge on any atom is -0.444 e. The molecule has 81 heavy (non-hydrogen) atoms. The Morgan fingerprint density at radius 1 is 0.691 bits per heavy atom. The number of nitrogens with one attached hydrogen (secondary N) is 3. The molecule has 0 unspecified atom stereocenters. The summed E-state index contributed by atoms with van der Waals surface area (Å²) < 4.78 is 50.9. The average molecular weight is 1150 g/mol. The number of ether oxygens (including phenoxy) is 3. The first-order valence-corrected chi connectivity index (χ1v) is 35.0. The summed E-state index contributed by atoms with van der Waals surface area (Å²) in [6.07, 6.45) is 7.20. The van der Waals surface area contributed by atoms with Crippen molar-refractivity contribution in [3.63, 3.8) is 0 Å². The summed E-state index contributed by atoms with van der Waals surface area (Å²) in [7, 11) is -2.48. The standard InChI is InChI=1S/C34H48FN7O4Si.C24H31FN6O2Si/c1-33(2,3)38-31(43)25-20-41(21-45-14-15-47(7,8)9)30-29(25)37-26(17-36-30)28-24-11-10-23(35)16-27(24)42(39-28)13-12-22-18-40(19-22)32(44)46-34(4,5)6;1-24(2,3)28-23(32)17-13-31(14-33-9-10-34(4,5)6)22-21(17)27-19(12-26-22)20-16-8-7-15(25)11-18(16)29-30-20/h10-11,16-17,20,22H,12-15,18-19,21H2,1-9H3,(H,38,43);7-8,11-13H,9-10,14H2,1-6H3,(H,28,32)(H,29,30). The first kappa shape index (κ1) is 60.1. The van der Waals surface area contributed by atoms with Crippen molar-refractivity contribution in [1.82, 2.24) is 64.6 Å². The summed E-state index contributed by atoms with van der Waals surface area (Å²) in [5.41, 5.74) is 4.70. The molecule has 7 heterocycles. The molecule has 6 aromatic heterocycles. The number of fused-ring (bicyclic) bond motifs is 4. The number of benzene rings is 2. The van der Waals surface area contributed by atoms with Crippen molar-refractivity contribution < 1.29 is 37.4 Å². The molecule has 1 saturated heterocycles. The predicted molar refractivity (Wildman–Crippen MR) is 317 cm³/mol. The molecule has 3 N–H and O–H groups in total. The topological polar surface area (TPSA) is 214 Å². The van der Waals surface area contributed by atoms with E-state index in [2.05, 4.69) is 65.1 Å². The van der Waals surface area contributed by atoms with Crippen LogP contribution in [0.1, 0.15) is 89.5 Å². The molecule has 19 nitrogen and oxygen atoms in total. The molecule has 2 aromatic carbocycles. The Hall–Kier alpha value is -6.96. The van der Waals surface area contributed by atoms with Gasteiger partial charge in [0, 0.05) is 83.2 Å². The van der Waals surface area contributed by atoms with E-state index in [0.717, 1.165) is 29.3 Å². The van der Waals surface area contributed by atoms with Gasteiger partial charge in [-0.1, -0.05) is 39.3 Å². The summed E-state index contributed by atoms with van der Waals surface area (Å²) in [5.74, 6) is -0.922. The number of amides is 3. The first-order chi connectivity index (χ1) is 37.8. The molecule has 3 amide bonds. The molecule has 0 spiro atoms. The fourth-order valence-corrected chi connectivity index (χ4v) is 10.5. The Balaban J connectivity index is 0.000000224. The minimum absolute atomic E-state index is 0.237. The highest BCUT2D eigenvalue weighted by Gasteiger charge is 2.34. The third kappa shape index (κ3) is 15.5. The molecule has 1 aliphatic rings. The van der Waals surface area contributed by atoms with Crippen LogP contribution in [-0.4, -0.2) is 131 Å². The Kier molecular flexibility index (Phi) is 17.4. The number of hydrogen-bond donors (Lipinski definition) is 3. The van der Waals surface area contributed by atoms with Crippen molar-refractivity contribution in [3.05, 3.63) is 83.9 Å². The van der Waals surface area contributed by atoms with Gasteiger partial charge in [0.05, 0.1) is 34.6 Å². The van der Waals surface area contributed by atoms with Crippen molar-refractivity contribution in [2.24, 2.45) is 5.92 Å². The van der Waals surface area contributed by atoms with Crippen LogP contribution in [0.2, 0.25) is 51.4 Å². The maximum atomic E-state index is 14.5. The Labute approximate surface area is 474 Å². The van der Waals surface area contributed by atoms with Crippen molar-refractivity contribution in [2.45, 2.75) is 157 Å². The van der Waals surface area contributed by atoms with E-state index in [1.165, 1.54) is 24.3 Å². The molecule has 0 bridgehead atoms. The van der Waals surface area contributed by atoms with Crippen molar-refractivity contribution in [2.75, 3.05) is 26.3 Å². The van der Waals surface area contributed by atoms with E-state index >= 15 is 0 Å². The van der Waals surface area contributed by atoms with Gasteiger partial charge >= 0.3 is 6.09 Å². The second-order valence-electron chi connectivity index (χ2n) is 26.5. The van der Waals surface area contributed by atoms with E-state index in [4.69, 9.17) is 34.3 Å². The Morgan fingerprint density at radius 2 is 1.19 bits per heavy atom. The lowest BCUT2D eigenvalue weighted by molar-refractivity contribution is -0.00274. The molecule has 0 atom stereocenters. The molecular weight excluding hydrogens is 1070 g/mol. The van der Waals surface area contributed by atoms with Crippen LogP contribution in [0.4, 0.5) is 13.6 Å². The molecule has 0 aliphatic carbocycles. The highest BCUT2D eigenvalue weighted by Crippen LogP contribution is 2.32. The maximum Gasteiger partial charge on any atom is 0.410 e. The number of likely N-dealkylation sites (tertiary alicyclic amines) is 1. The van der Waals surface area contributed by atoms with Crippen molar-refractivity contribution in [3.8, 4) is 22.8 Å². The number of nitrogens with zero attached hydrogens (tertiary/aromatic N) is 10. The third-order valence-electron chi connectivity index (χ3n) is 13.1. The van der Waals surface area contributed by atoms with Crippen LogP contribution in [0.3, 0.4) is 0 Å². The molecule has 8 aromatic rings. The summed E-state index contributed by atoms with van der Waals surface area (Å²) in [6.45, 7) is 34.5. The zero-order valence-electron chi connectivity index (χ0n) is 49.6. The van der Waals surface area contributed by atoms with Gasteiger partial charge in [-0.15, -0.1) is 0 Å². The molecule has 1 fully saturated rings. The molecule has 23 heteroatoms. The van der Waals surface area contributed by atoms with Gasteiger partial charge in [0.25, 0.3) is 11.8 Å². The normalized spacial score (nSPS) is 13.7. The van der Waals surface area contributed by atoms with Crippen LogP contribution in [0, 0.1) is 17.6 Å². The molecule has 0 saturated carbocycles. The maximum absolute atomic E-state index is 14.5. The largest absolute Gasteiger partial charge is 0.444 e. The number of aryl methyl sites for hydroxylation is 1. The second kappa shape index (κ2) is 23.5. The fourth-order valence-electron chi connectivity index (χ4n) is 8.99. The zero-order chi connectivity index (χ0) is 59.0. The summed E-state index contributed by atoms with van der Waals surface area (Å²) in [5, 5.41) is 19.5. The highest BCUT2D eigenvalue weighted by atomic mass is 28.3. The van der Waals surface area contributed by atoms with Crippen molar-refractivity contribution >= 4 is 78.2 Å². The van der Waals surface area contributed by atoms with E-state index in [-0.39, 0.29) is 48.9 Å². The van der Waals surface area contributed by atoms with Crippen LogP contribution in [0.5, 0.6) is 0 Å². The lowest BCUT2D eigenvalue weighted by atomic mass is 9.97. The zero-order valence-corrected chi connectivity index (χ0v) is 51.6. The SMILES string of the molecule is CC(C)(C)NC(=O)c1cn(COCC[Si](C)(C)C)c2ncc(-c3n[nH]c4cc(F)ccc34)nc12.CC(C)(C)NC(=O)c1cn(COCC[Si](C)(C)C)c2ncc(-c3nn(CCC4CN(C(=O)OC(C)(C)C)C4)c4cc(F)ccc34)nc12. The molecular formula is C58H79F2N13O6Si2. The average Bonchev–Trinajstić information content (AvgIpc) is 4.32. The number of carbonyl (C=O) groups is 3.